The van der Waals surface area contributed by atoms with Crippen LogP contribution in [0.15, 0.2) is 30.5 Å². The van der Waals surface area contributed by atoms with Gasteiger partial charge in [-0.05, 0) is 67.6 Å². The first-order valence-corrected chi connectivity index (χ1v) is 13.8. The van der Waals surface area contributed by atoms with Crippen LogP contribution >= 0.6 is 23.4 Å². The van der Waals surface area contributed by atoms with Gasteiger partial charge in [-0.25, -0.2) is 9.59 Å². The van der Waals surface area contributed by atoms with E-state index in [0.29, 0.717) is 0 Å². The van der Waals surface area contributed by atoms with Gasteiger partial charge in [-0.2, -0.15) is 11.8 Å². The zero-order valence-corrected chi connectivity index (χ0v) is 22.1. The molecule has 0 bridgehead atoms. The Labute approximate surface area is 225 Å². The van der Waals surface area contributed by atoms with Gasteiger partial charge in [-0.1, -0.05) is 36.6 Å². The van der Waals surface area contributed by atoms with E-state index in [4.69, 9.17) is 32.0 Å². The maximum atomic E-state index is 9.77. The molecule has 11 heteroatoms. The predicted molar refractivity (Wildman–Crippen MR) is 144 cm³/mol. The van der Waals surface area contributed by atoms with E-state index in [0.717, 1.165) is 54.2 Å². The minimum Gasteiger partial charge on any atom is -0.479 e. The van der Waals surface area contributed by atoms with Crippen molar-refractivity contribution < 1.29 is 30.0 Å². The number of aromatic nitrogens is 1. The number of aliphatic carboxylic acids is 2. The Hall–Kier alpha value is -2.37. The second-order valence-electron chi connectivity index (χ2n) is 9.11. The number of hydrogen-bond donors (Lipinski definition) is 6. The van der Waals surface area contributed by atoms with Gasteiger partial charge in [0.15, 0.2) is 12.2 Å². The molecule has 2 heterocycles. The van der Waals surface area contributed by atoms with E-state index in [9.17, 15) is 9.59 Å². The molecule has 0 radical (unpaired) electrons. The van der Waals surface area contributed by atoms with Crippen molar-refractivity contribution in [1.29, 1.82) is 0 Å². The van der Waals surface area contributed by atoms with Gasteiger partial charge in [0.05, 0.1) is 16.4 Å². The van der Waals surface area contributed by atoms with Crippen LogP contribution in [0.2, 0.25) is 5.02 Å². The molecule has 1 aliphatic carbocycles. The third-order valence-electron chi connectivity index (χ3n) is 6.41. The van der Waals surface area contributed by atoms with Crippen LogP contribution < -0.4 is 10.6 Å². The highest BCUT2D eigenvalue weighted by Crippen LogP contribution is 2.32. The van der Waals surface area contributed by atoms with E-state index in [1.165, 1.54) is 48.1 Å². The number of fused-ring (bicyclic) bond motifs is 1. The molecule has 1 saturated carbocycles. The molecular weight excluding hydrogens is 518 g/mol. The van der Waals surface area contributed by atoms with Crippen LogP contribution in [0.1, 0.15) is 48.1 Å². The number of aliphatic hydroxyl groups excluding tert-OH is 2. The molecule has 1 aliphatic heterocycles. The maximum Gasteiger partial charge on any atom is 0.335 e. The molecule has 4 rings (SSSR count). The number of rotatable bonds is 9. The van der Waals surface area contributed by atoms with Crippen molar-refractivity contribution in [3.05, 3.63) is 57.9 Å². The van der Waals surface area contributed by atoms with Crippen LogP contribution in [0, 0.1) is 0 Å². The molecule has 2 unspecified atom stereocenters. The Morgan fingerprint density at radius 2 is 1.73 bits per heavy atom. The van der Waals surface area contributed by atoms with Crippen molar-refractivity contribution >= 4 is 41.0 Å². The molecule has 37 heavy (non-hydrogen) atoms. The van der Waals surface area contributed by atoms with Gasteiger partial charge in [0.1, 0.15) is 0 Å². The Bertz CT molecular complexity index is 1030. The fraction of sp³-hybridized carbons (Fsp3) is 0.500. The second-order valence-corrected chi connectivity index (χ2v) is 10.8. The van der Waals surface area contributed by atoms with E-state index in [2.05, 4.69) is 45.6 Å². The number of aliphatic hydroxyl groups is 2. The average molecular weight is 552 g/mol. The summed E-state index contributed by atoms with van der Waals surface area (Å²) >= 11 is 8.58. The molecule has 2 aromatic rings. The number of hydrogen-bond acceptors (Lipinski definition) is 8. The average Bonchev–Trinajstić information content (AvgIpc) is 3.30. The van der Waals surface area contributed by atoms with Crippen LogP contribution in [-0.2, 0) is 34.7 Å². The van der Waals surface area contributed by atoms with E-state index in [-0.39, 0.29) is 0 Å². The summed E-state index contributed by atoms with van der Waals surface area (Å²) in [6.45, 7) is 2.81. The van der Waals surface area contributed by atoms with Crippen LogP contribution in [-0.4, -0.2) is 67.9 Å². The van der Waals surface area contributed by atoms with Crippen molar-refractivity contribution in [3.8, 4) is 0 Å². The summed E-state index contributed by atoms with van der Waals surface area (Å²) in [5.74, 6) is -2.51. The van der Waals surface area contributed by atoms with Crippen molar-refractivity contribution in [3.63, 3.8) is 0 Å². The van der Waals surface area contributed by atoms with Crippen molar-refractivity contribution in [1.82, 2.24) is 10.3 Å². The summed E-state index contributed by atoms with van der Waals surface area (Å²) in [5, 5.41) is 41.2. The highest BCUT2D eigenvalue weighted by molar-refractivity contribution is 7.99. The lowest BCUT2D eigenvalue weighted by molar-refractivity contribution is -0.165. The van der Waals surface area contributed by atoms with Gasteiger partial charge in [0.2, 0.25) is 0 Å². The number of anilines is 1. The van der Waals surface area contributed by atoms with Gasteiger partial charge < -0.3 is 31.1 Å². The van der Waals surface area contributed by atoms with Crippen LogP contribution in [0.3, 0.4) is 0 Å². The van der Waals surface area contributed by atoms with E-state index in [1.54, 1.807) is 0 Å². The van der Waals surface area contributed by atoms with E-state index in [1.807, 2.05) is 12.3 Å². The summed E-state index contributed by atoms with van der Waals surface area (Å²) < 4.78 is 0. The standard InChI is InChI=1S/C22H28ClN3S.C4H6O6/c23-21-8-6-17-9-11-24-12-10-20(17)22(21)26-14-16-5-7-18(25-13-16)15-27-19-3-1-2-4-19;5-1(3(7)8)2(6)4(9)10/h5-8,13,19,24,26H,1-4,9-12,14-15H2;1-2,5-6H,(H,7,8)(H,9,10). The van der Waals surface area contributed by atoms with Gasteiger partial charge in [-0.15, -0.1) is 0 Å². The number of carboxylic acids is 2. The lowest BCUT2D eigenvalue weighted by Crippen LogP contribution is -2.39. The largest absolute Gasteiger partial charge is 0.479 e. The monoisotopic (exact) mass is 551 g/mol. The minimum absolute atomic E-state index is 0.757. The van der Waals surface area contributed by atoms with Gasteiger partial charge >= 0.3 is 11.9 Å². The summed E-state index contributed by atoms with van der Waals surface area (Å²) in [6, 6.07) is 8.57. The number of halogens is 1. The molecule has 202 valence electrons. The van der Waals surface area contributed by atoms with Gasteiger partial charge in [0.25, 0.3) is 0 Å². The SMILES string of the molecule is Clc1ccc2c(c1NCc1ccc(CSC3CCCC3)nc1)CCNCC2.O=C(O)C(O)C(O)C(=O)O. The van der Waals surface area contributed by atoms with E-state index >= 15 is 0 Å². The zero-order valence-electron chi connectivity index (χ0n) is 20.5. The number of nitrogens with zero attached hydrogens (tertiary/aromatic N) is 1. The van der Waals surface area contributed by atoms with Crippen molar-refractivity contribution in [2.24, 2.45) is 0 Å². The van der Waals surface area contributed by atoms with Crippen LogP contribution in [0.4, 0.5) is 5.69 Å². The molecule has 1 fully saturated rings. The summed E-state index contributed by atoms with van der Waals surface area (Å²) in [7, 11) is 0. The topological polar surface area (TPSA) is 152 Å². The third kappa shape index (κ3) is 8.86. The third-order valence-corrected chi connectivity index (χ3v) is 8.13. The van der Waals surface area contributed by atoms with Crippen LogP contribution in [0.5, 0.6) is 0 Å². The first-order valence-electron chi connectivity index (χ1n) is 12.4. The maximum absolute atomic E-state index is 9.77. The zero-order chi connectivity index (χ0) is 26.8. The number of carboxylic acid groups (broad SMARTS) is 2. The fourth-order valence-electron chi connectivity index (χ4n) is 4.30. The van der Waals surface area contributed by atoms with Crippen molar-refractivity contribution in [2.75, 3.05) is 18.4 Å². The van der Waals surface area contributed by atoms with Crippen molar-refractivity contribution in [2.45, 2.75) is 68.3 Å². The Balaban J connectivity index is 0.000000325. The number of carbonyl (C=O) groups is 2. The Morgan fingerprint density at radius 3 is 2.35 bits per heavy atom. The summed E-state index contributed by atoms with van der Waals surface area (Å²) in [5.41, 5.74) is 6.26. The highest BCUT2D eigenvalue weighted by Gasteiger charge is 2.29. The molecule has 1 aromatic heterocycles. The smallest absolute Gasteiger partial charge is 0.335 e. The first kappa shape index (κ1) is 29.2. The quantitative estimate of drug-likeness (QED) is 0.274. The normalized spacial score (nSPS) is 17.1. The molecular formula is C26H34ClN3O6S. The minimum atomic E-state index is -2.27. The number of benzene rings is 1. The van der Waals surface area contributed by atoms with E-state index < -0.39 is 24.1 Å². The number of thioether (sulfide) groups is 1. The first-order chi connectivity index (χ1) is 17.8. The number of pyridine rings is 1. The molecule has 0 spiro atoms. The second kappa shape index (κ2) is 14.5. The molecule has 9 nitrogen and oxygen atoms in total. The molecule has 2 aliphatic rings. The van der Waals surface area contributed by atoms with Crippen LogP contribution in [0.25, 0.3) is 0 Å². The molecule has 0 saturated heterocycles. The summed E-state index contributed by atoms with van der Waals surface area (Å²) in [4.78, 5) is 24.2. The molecule has 6 N–H and O–H groups in total. The predicted octanol–water partition coefficient (Wildman–Crippen LogP) is 3.09. The Kier molecular flexibility index (Phi) is 11.5. The lowest BCUT2D eigenvalue weighted by atomic mass is 10.0. The lowest BCUT2D eigenvalue weighted by Gasteiger charge is -2.16. The highest BCUT2D eigenvalue weighted by atomic mass is 35.5. The summed E-state index contributed by atoms with van der Waals surface area (Å²) in [6.07, 6.45) is 5.12. The number of nitrogens with one attached hydrogen (secondary N) is 2. The van der Waals surface area contributed by atoms with Gasteiger partial charge in [0, 0.05) is 23.7 Å². The fourth-order valence-corrected chi connectivity index (χ4v) is 5.79. The molecule has 0 amide bonds. The molecule has 2 atom stereocenters. The molecule has 1 aromatic carbocycles. The van der Waals surface area contributed by atoms with Gasteiger partial charge in [-0.3, -0.25) is 4.98 Å². The Morgan fingerprint density at radius 1 is 1.05 bits per heavy atom.